The molecule has 5 nitrogen and oxygen atoms in total. The third-order valence-electron chi connectivity index (χ3n) is 0. The van der Waals surface area contributed by atoms with Gasteiger partial charge >= 0.3 is 23.1 Å². The maximum Gasteiger partial charge on any atom is 2.00 e. The van der Waals surface area contributed by atoms with E-state index < -0.39 is 5.09 Å². The van der Waals surface area contributed by atoms with Gasteiger partial charge in [-0.25, -0.2) is 0 Å². The second kappa shape index (κ2) is 16.1. The van der Waals surface area contributed by atoms with Gasteiger partial charge in [-0.2, -0.15) is 0 Å². The first kappa shape index (κ1) is 26.0. The number of hydrogen-bond acceptors (Lipinski definition) is 4. The van der Waals surface area contributed by atoms with Crippen molar-refractivity contribution in [3.05, 3.63) is 15.3 Å². The summed E-state index contributed by atoms with van der Waals surface area (Å²) in [5.41, 5.74) is 0. The monoisotopic (exact) mass is 133 g/mol. The first-order valence-corrected chi connectivity index (χ1v) is 0.548. The molecular weight excluding hydrogens is 129 g/mol. The molecule has 0 aliphatic heterocycles. The third kappa shape index (κ3) is 610. The van der Waals surface area contributed by atoms with Crippen LogP contribution in [0, 0.1) is 15.3 Å². The maximum atomic E-state index is 8.25. The second-order valence-corrected chi connectivity index (χ2v) is 0.224. The molecule has 0 aliphatic carbocycles. The summed E-state index contributed by atoms with van der Waals surface area (Å²) in [6, 6.07) is 0. The van der Waals surface area contributed by atoms with Crippen LogP contribution < -0.4 is 0 Å². The van der Waals surface area contributed by atoms with E-state index in [0.29, 0.717) is 0 Å². The molecule has 0 aliphatic rings. The van der Waals surface area contributed by atoms with Crippen molar-refractivity contribution >= 4 is 40.4 Å². The van der Waals surface area contributed by atoms with Gasteiger partial charge < -0.3 is 20.8 Å². The Labute approximate surface area is 66.4 Å². The Morgan fingerprint density at radius 1 is 1.29 bits per heavy atom. The third-order valence-corrected chi connectivity index (χ3v) is 0. The molecule has 0 aromatic carbocycles. The molecule has 0 unspecified atom stereocenters. The van der Waals surface area contributed by atoms with Gasteiger partial charge in [-0.3, -0.25) is 0 Å². The van der Waals surface area contributed by atoms with Gasteiger partial charge in [0.05, 0.1) is 5.09 Å². The van der Waals surface area contributed by atoms with Gasteiger partial charge in [0.15, 0.2) is 17.4 Å². The second-order valence-electron chi connectivity index (χ2n) is 0.224. The van der Waals surface area contributed by atoms with Crippen LogP contribution in [0.5, 0.6) is 0 Å². The van der Waals surface area contributed by atoms with Gasteiger partial charge in [0, 0.05) is 0 Å². The molecule has 0 radical (unpaired) electrons. The van der Waals surface area contributed by atoms with Crippen LogP contribution in [0.4, 0.5) is 0 Å². The van der Waals surface area contributed by atoms with Crippen LogP contribution in [0.2, 0.25) is 0 Å². The topological polar surface area (TPSA) is 96.2 Å². The minimum atomic E-state index is -1.75. The largest absolute Gasteiger partial charge is 2.00 e. The molecule has 0 bridgehead atoms. The summed E-state index contributed by atoms with van der Waals surface area (Å²) in [5.74, 6) is 0. The molecule has 38 valence electrons. The van der Waals surface area contributed by atoms with Crippen molar-refractivity contribution in [2.45, 2.75) is 0 Å². The number of hydrogen-bond donors (Lipinski definition) is 0. The zero-order valence-electron chi connectivity index (χ0n) is 2.83. The maximum absolute atomic E-state index is 8.25. The van der Waals surface area contributed by atoms with E-state index in [-0.39, 0.29) is 45.9 Å². The number of nitrogens with zero attached hydrogens (tertiary/aromatic N) is 1. The summed E-state index contributed by atoms with van der Waals surface area (Å²) in [7, 11) is 0. The summed E-state index contributed by atoms with van der Waals surface area (Å²) in [5, 5.41) is 14.8. The fourth-order valence-corrected chi connectivity index (χ4v) is 0. The van der Waals surface area contributed by atoms with Crippen LogP contribution in [0.1, 0.15) is 0 Å². The minimum absolute atomic E-state index is 0. The smallest absolute Gasteiger partial charge is 0.870 e. The molecule has 0 aromatic heterocycles. The molecule has 7 heteroatoms. The summed E-state index contributed by atoms with van der Waals surface area (Å²) >= 11 is 0. The van der Waals surface area contributed by atoms with Gasteiger partial charge in [-0.1, -0.05) is 0 Å². The summed E-state index contributed by atoms with van der Waals surface area (Å²) in [6.07, 6.45) is 0. The minimum Gasteiger partial charge on any atom is -0.870 e. The molecule has 0 fully saturated rings. The Balaban J connectivity index is -0.0000000150. The number of rotatable bonds is 0. The Bertz CT molecular complexity index is 34.7. The standard InChI is InChI=1S/Al.Mg.NO3.H2O.3H/c;;2-1(3)4;;;;/h;;;1H2;;;/q;+2;-1;;;;/p-1. The van der Waals surface area contributed by atoms with E-state index in [1.54, 1.807) is 0 Å². The molecule has 0 atom stereocenters. The van der Waals surface area contributed by atoms with Gasteiger partial charge in [-0.05, 0) is 0 Å². The van der Waals surface area contributed by atoms with Crippen molar-refractivity contribution < 1.29 is 10.6 Å². The van der Waals surface area contributed by atoms with E-state index in [9.17, 15) is 0 Å². The summed E-state index contributed by atoms with van der Waals surface area (Å²) < 4.78 is 0. The van der Waals surface area contributed by atoms with Crippen molar-refractivity contribution in [1.29, 1.82) is 0 Å². The van der Waals surface area contributed by atoms with Crippen LogP contribution in [0.15, 0.2) is 0 Å². The van der Waals surface area contributed by atoms with Crippen LogP contribution in [-0.4, -0.2) is 51.0 Å². The Morgan fingerprint density at radius 3 is 1.29 bits per heavy atom. The predicted octanol–water partition coefficient (Wildman–Crippen LogP) is -1.98. The zero-order valence-corrected chi connectivity index (χ0v) is 4.24. The zero-order chi connectivity index (χ0) is 3.58. The van der Waals surface area contributed by atoms with Crippen LogP contribution >= 0.6 is 0 Å². The van der Waals surface area contributed by atoms with Crippen molar-refractivity contribution in [3.63, 3.8) is 0 Å². The predicted molar refractivity (Wildman–Crippen MR) is 28.0 cm³/mol. The van der Waals surface area contributed by atoms with E-state index in [0.717, 1.165) is 0 Å². The molecule has 0 heterocycles. The molecule has 0 saturated heterocycles. The molecule has 0 rings (SSSR count). The van der Waals surface area contributed by atoms with E-state index in [1.165, 1.54) is 0 Å². The van der Waals surface area contributed by atoms with Gasteiger partial charge in [0.2, 0.25) is 0 Å². The Morgan fingerprint density at radius 2 is 1.29 bits per heavy atom. The van der Waals surface area contributed by atoms with E-state index >= 15 is 0 Å². The van der Waals surface area contributed by atoms with Crippen molar-refractivity contribution in [2.24, 2.45) is 0 Å². The van der Waals surface area contributed by atoms with Gasteiger partial charge in [0.1, 0.15) is 0 Å². The fourth-order valence-electron chi connectivity index (χ4n) is 0. The summed E-state index contributed by atoms with van der Waals surface area (Å²) in [6.45, 7) is 0. The average molecular weight is 133 g/mol. The van der Waals surface area contributed by atoms with Crippen LogP contribution in [0.25, 0.3) is 0 Å². The first-order chi connectivity index (χ1) is 1.73. The van der Waals surface area contributed by atoms with Crippen molar-refractivity contribution in [2.75, 3.05) is 0 Å². The summed E-state index contributed by atoms with van der Waals surface area (Å²) in [4.78, 5) is 8.25. The molecule has 0 spiro atoms. The van der Waals surface area contributed by atoms with Crippen LogP contribution in [-0.2, 0) is 0 Å². The molecule has 7 heavy (non-hydrogen) atoms. The molecule has 0 aromatic rings. The normalized spacial score (nSPS) is 3.43. The Hall–Kier alpha value is 0.459. The van der Waals surface area contributed by atoms with Crippen LogP contribution in [0.3, 0.4) is 0 Å². The molecule has 0 amide bonds. The van der Waals surface area contributed by atoms with Crippen molar-refractivity contribution in [1.82, 2.24) is 0 Å². The Kier molecular flexibility index (Phi) is 59.8. The SMILES string of the molecule is O=[N+]([O-])[O-].[AlH3].[Mg+2].[OH-]. The molecule has 0 saturated carbocycles. The van der Waals surface area contributed by atoms with E-state index in [2.05, 4.69) is 0 Å². The van der Waals surface area contributed by atoms with E-state index in [4.69, 9.17) is 15.3 Å². The van der Waals surface area contributed by atoms with Crippen molar-refractivity contribution in [3.8, 4) is 0 Å². The van der Waals surface area contributed by atoms with Gasteiger partial charge in [-0.15, -0.1) is 0 Å². The quantitative estimate of drug-likeness (QED) is 0.217. The fraction of sp³-hybridized carbons (Fsp3) is 0. The first-order valence-electron chi connectivity index (χ1n) is 0.548. The van der Waals surface area contributed by atoms with Gasteiger partial charge in [0.25, 0.3) is 0 Å². The average Bonchev–Trinajstić information content (AvgIpc) is 0.811. The molecule has 1 N–H and O–H groups in total. The van der Waals surface area contributed by atoms with E-state index in [1.807, 2.05) is 0 Å². The molecular formula is H4AlMgNO4.